The van der Waals surface area contributed by atoms with Gasteiger partial charge in [0.1, 0.15) is 22.7 Å². The number of halogens is 9. The van der Waals surface area contributed by atoms with Crippen LogP contribution in [0.4, 0.5) is 35.1 Å². The Kier molecular flexibility index (Phi) is 20.6. The van der Waals surface area contributed by atoms with Gasteiger partial charge in [0.2, 0.25) is 0 Å². The van der Waals surface area contributed by atoms with Crippen LogP contribution in [0, 0.1) is 0 Å². The molecule has 0 radical (unpaired) electrons. The lowest BCUT2D eigenvalue weighted by Crippen LogP contribution is -2.53. The van der Waals surface area contributed by atoms with Crippen molar-refractivity contribution >= 4 is 60.1 Å². The first-order valence-corrected chi connectivity index (χ1v) is 28.7. The molecular formula is C54H64BBrF8O14S2. The van der Waals surface area contributed by atoms with Gasteiger partial charge < -0.3 is 37.7 Å². The smallest absolute Gasteiger partial charge is 0.459 e. The van der Waals surface area contributed by atoms with Gasteiger partial charge in [-0.1, -0.05) is 52.3 Å². The topological polar surface area (TPSA) is 176 Å². The van der Waals surface area contributed by atoms with Crippen LogP contribution < -0.4 is 14.9 Å². The van der Waals surface area contributed by atoms with Gasteiger partial charge in [0.25, 0.3) is 0 Å². The van der Waals surface area contributed by atoms with E-state index in [0.29, 0.717) is 15.6 Å². The van der Waals surface area contributed by atoms with Crippen molar-refractivity contribution in [3.8, 4) is 22.6 Å². The molecule has 442 valence electrons. The van der Waals surface area contributed by atoms with Gasteiger partial charge in [0.05, 0.1) is 21.0 Å². The molecular weight excluding hydrogens is 1180 g/mol. The van der Waals surface area contributed by atoms with Crippen LogP contribution in [0.25, 0.3) is 11.1 Å². The Balaban J connectivity index is 0.000000239. The number of carbonyl (C=O) groups excluding carboxylic acids is 2. The number of hydrogen-bond acceptors (Lipinski definition) is 14. The molecule has 7 rings (SSSR count). The summed E-state index contributed by atoms with van der Waals surface area (Å²) in [7, 11) is -8.77. The first-order valence-electron chi connectivity index (χ1n) is 24.9. The molecule has 3 aliphatic heterocycles. The largest absolute Gasteiger partial charge is 0.494 e. The average molecular weight is 1240 g/mol. The lowest BCUT2D eigenvalue weighted by atomic mass is 9.79. The Morgan fingerprint density at radius 1 is 0.525 bits per heavy atom. The third-order valence-corrected chi connectivity index (χ3v) is 18.6. The average Bonchev–Trinajstić information content (AvgIpc) is 3.60. The van der Waals surface area contributed by atoms with E-state index in [2.05, 4.69) is 25.4 Å². The molecule has 0 aliphatic carbocycles. The van der Waals surface area contributed by atoms with E-state index in [4.69, 9.17) is 28.3 Å². The molecule has 14 nitrogen and oxygen atoms in total. The first kappa shape index (κ1) is 66.0. The molecule has 3 heterocycles. The van der Waals surface area contributed by atoms with Crippen LogP contribution in [0.15, 0.2) is 111 Å². The normalized spacial score (nSPS) is 18.2. The molecule has 4 aromatic rings. The molecule has 80 heavy (non-hydrogen) atoms. The van der Waals surface area contributed by atoms with E-state index in [9.17, 15) is 61.5 Å². The second kappa shape index (κ2) is 24.9. The standard InChI is InChI=1S/C24H26F4O6S.C22H33BO7S.C8H5BrF4O/c1-22(2,3)34-21(29)23(12-14-32-15-13-23)35(30,31)19-10-6-17(7-11-19)16-4-8-18(9-5-16)33-24(27,28)20(25)26;1-19(2,3)28-18(24)22(12-14-27-15-13-22)31(25,26)17-10-8-16(9-11-17)23-29-20(4,5)21(6,7)30-23;9-5-1-3-6(4-2-5)14-8(12,13)7(10)11/h4-11,20H,12-15H2,1-3H3;8-11H,12-15H2,1-7H3;1-4,7H. The van der Waals surface area contributed by atoms with Crippen molar-refractivity contribution in [2.75, 3.05) is 26.4 Å². The van der Waals surface area contributed by atoms with Gasteiger partial charge in [0, 0.05) is 56.6 Å². The van der Waals surface area contributed by atoms with Gasteiger partial charge in [-0.25, -0.2) is 16.8 Å². The molecule has 3 saturated heterocycles. The van der Waals surface area contributed by atoms with E-state index in [0.717, 1.165) is 17.6 Å². The molecule has 0 atom stereocenters. The molecule has 3 aliphatic rings. The molecule has 0 N–H and O–H groups in total. The molecule has 3 fully saturated rings. The number of alkyl halides is 8. The number of sulfone groups is 2. The summed E-state index contributed by atoms with van der Waals surface area (Å²) in [4.78, 5) is 26.1. The van der Waals surface area contributed by atoms with Crippen molar-refractivity contribution in [1.29, 1.82) is 0 Å². The van der Waals surface area contributed by atoms with Gasteiger partial charge in [-0.15, -0.1) is 0 Å². The van der Waals surface area contributed by atoms with Gasteiger partial charge >= 0.3 is 44.1 Å². The molecule has 0 unspecified atom stereocenters. The Labute approximate surface area is 469 Å². The quantitative estimate of drug-likeness (QED) is 0.0662. The maximum Gasteiger partial charge on any atom is 0.494 e. The lowest BCUT2D eigenvalue weighted by molar-refractivity contribution is -0.253. The summed E-state index contributed by atoms with van der Waals surface area (Å²) >= 11 is 3.06. The molecule has 4 aromatic carbocycles. The predicted octanol–water partition coefficient (Wildman–Crippen LogP) is 11.6. The molecule has 0 bridgehead atoms. The SMILES string of the molecule is CC(C)(C)OC(=O)C1(S(=O)(=O)c2ccc(-c3ccc(OC(F)(F)C(F)F)cc3)cc2)CCOCC1.CC(C)(C)OC(=O)C1(S(=O)(=O)c2ccc(B3OC(C)(C)C(C)(C)O3)cc2)CCOCC1.FC(F)C(F)(F)Oc1ccc(Br)cc1. The summed E-state index contributed by atoms with van der Waals surface area (Å²) in [6.07, 6.45) is -16.9. The third kappa shape index (κ3) is 15.6. The van der Waals surface area contributed by atoms with Crippen LogP contribution in [-0.2, 0) is 57.5 Å². The van der Waals surface area contributed by atoms with E-state index in [1.54, 1.807) is 53.7 Å². The second-order valence-electron chi connectivity index (χ2n) is 21.8. The second-order valence-corrected chi connectivity index (χ2v) is 27.2. The summed E-state index contributed by atoms with van der Waals surface area (Å²) in [5.41, 5.74) is -0.897. The van der Waals surface area contributed by atoms with E-state index in [1.165, 1.54) is 72.8 Å². The number of hydrogen-bond donors (Lipinski definition) is 0. The minimum absolute atomic E-state index is 0.0449. The van der Waals surface area contributed by atoms with Crippen LogP contribution >= 0.6 is 15.9 Å². The third-order valence-electron chi connectivity index (χ3n) is 13.1. The summed E-state index contributed by atoms with van der Waals surface area (Å²) in [6, 6.07) is 22.2. The van der Waals surface area contributed by atoms with Gasteiger partial charge in [-0.2, -0.15) is 35.1 Å². The highest BCUT2D eigenvalue weighted by Crippen LogP contribution is 2.41. The fourth-order valence-electron chi connectivity index (χ4n) is 7.99. The van der Waals surface area contributed by atoms with E-state index >= 15 is 0 Å². The zero-order valence-corrected chi connectivity index (χ0v) is 48.8. The number of ether oxygens (including phenoxy) is 6. The van der Waals surface area contributed by atoms with Crippen molar-refractivity contribution in [2.24, 2.45) is 0 Å². The zero-order valence-electron chi connectivity index (χ0n) is 45.6. The molecule has 0 spiro atoms. The Hall–Kier alpha value is -4.86. The van der Waals surface area contributed by atoms with E-state index < -0.39 is 101 Å². The van der Waals surface area contributed by atoms with Crippen molar-refractivity contribution < 1.29 is 99.3 Å². The number of benzene rings is 4. The Bertz CT molecular complexity index is 2950. The van der Waals surface area contributed by atoms with Crippen molar-refractivity contribution in [3.63, 3.8) is 0 Å². The summed E-state index contributed by atoms with van der Waals surface area (Å²) in [5, 5.41) is 0. The monoisotopic (exact) mass is 1240 g/mol. The highest BCUT2D eigenvalue weighted by Gasteiger charge is 2.57. The fourth-order valence-corrected chi connectivity index (χ4v) is 12.1. The maximum absolute atomic E-state index is 13.7. The van der Waals surface area contributed by atoms with Crippen molar-refractivity contribution in [3.05, 3.63) is 102 Å². The van der Waals surface area contributed by atoms with Crippen LogP contribution in [0.1, 0.15) is 94.9 Å². The maximum atomic E-state index is 13.7. The summed E-state index contributed by atoms with van der Waals surface area (Å²) in [5.74, 6) is -2.30. The number of carbonyl (C=O) groups is 2. The van der Waals surface area contributed by atoms with Crippen LogP contribution in [0.5, 0.6) is 11.5 Å². The predicted molar refractivity (Wildman–Crippen MR) is 283 cm³/mol. The number of esters is 2. The van der Waals surface area contributed by atoms with Crippen molar-refractivity contribution in [1.82, 2.24) is 0 Å². The van der Waals surface area contributed by atoms with Gasteiger partial charge in [0.15, 0.2) is 29.2 Å². The summed E-state index contributed by atoms with van der Waals surface area (Å²) < 4.78 is 192. The molecule has 0 amide bonds. The lowest BCUT2D eigenvalue weighted by Gasteiger charge is -2.36. The fraction of sp³-hybridized carbons (Fsp3) is 0.519. The van der Waals surface area contributed by atoms with E-state index in [-0.39, 0.29) is 67.7 Å². The van der Waals surface area contributed by atoms with Gasteiger partial charge in [-0.3, -0.25) is 9.59 Å². The van der Waals surface area contributed by atoms with Crippen molar-refractivity contribution in [2.45, 2.75) is 162 Å². The van der Waals surface area contributed by atoms with E-state index in [1.807, 2.05) is 27.7 Å². The number of rotatable bonds is 14. The molecule has 0 saturated carbocycles. The minimum Gasteiger partial charge on any atom is -0.459 e. The zero-order chi connectivity index (χ0) is 60.1. The minimum atomic E-state index is -4.62. The molecule has 0 aromatic heterocycles. The highest BCUT2D eigenvalue weighted by molar-refractivity contribution is 9.10. The Morgan fingerprint density at radius 2 is 0.825 bits per heavy atom. The first-order chi connectivity index (χ1) is 36.7. The highest BCUT2D eigenvalue weighted by atomic mass is 79.9. The van der Waals surface area contributed by atoms with Crippen LogP contribution in [-0.4, -0.2) is 119 Å². The summed E-state index contributed by atoms with van der Waals surface area (Å²) in [6.45, 7) is 18.5. The Morgan fingerprint density at radius 3 is 1.14 bits per heavy atom. The van der Waals surface area contributed by atoms with Crippen LogP contribution in [0.3, 0.4) is 0 Å². The molecule has 26 heteroatoms. The van der Waals surface area contributed by atoms with Gasteiger partial charge in [-0.05, 0) is 146 Å². The van der Waals surface area contributed by atoms with Crippen LogP contribution in [0.2, 0.25) is 0 Å².